The molecule has 2 rings (SSSR count). The highest BCUT2D eigenvalue weighted by Crippen LogP contribution is 2.24. The van der Waals surface area contributed by atoms with Crippen LogP contribution in [0.5, 0.6) is 0 Å². The van der Waals surface area contributed by atoms with Gasteiger partial charge < -0.3 is 11.1 Å². The standard InChI is InChI=1S/C6H6N4O3S/c7-4-1-3-6(10-9-4)14(12,13)2-5(11)8-3/h1H,2H2,(H2,7,9)(H,8,11). The first-order valence-corrected chi connectivity index (χ1v) is 5.30. The topological polar surface area (TPSA) is 115 Å². The number of hydrogen-bond acceptors (Lipinski definition) is 6. The molecular formula is C6H6N4O3S. The molecule has 2 heterocycles. The number of nitrogen functional groups attached to an aromatic ring is 1. The third kappa shape index (κ3) is 1.29. The number of sulfone groups is 1. The number of fused-ring (bicyclic) bond motifs is 1. The van der Waals surface area contributed by atoms with Crippen LogP contribution in [-0.2, 0) is 14.6 Å². The molecule has 0 unspecified atom stereocenters. The molecule has 0 aliphatic carbocycles. The number of rotatable bonds is 0. The smallest absolute Gasteiger partial charge is 0.240 e. The molecule has 0 atom stereocenters. The summed E-state index contributed by atoms with van der Waals surface area (Å²) in [6, 6.07) is 1.26. The van der Waals surface area contributed by atoms with E-state index in [2.05, 4.69) is 15.5 Å². The van der Waals surface area contributed by atoms with Crippen molar-refractivity contribution in [3.63, 3.8) is 0 Å². The Hall–Kier alpha value is -1.70. The average Bonchev–Trinajstić information content (AvgIpc) is 2.00. The Bertz CT molecular complexity index is 510. The summed E-state index contributed by atoms with van der Waals surface area (Å²) in [5, 5.41) is 8.96. The second kappa shape index (κ2) is 2.64. The van der Waals surface area contributed by atoms with Crippen molar-refractivity contribution in [3.8, 4) is 0 Å². The van der Waals surface area contributed by atoms with Crippen LogP contribution in [0.25, 0.3) is 0 Å². The van der Waals surface area contributed by atoms with Gasteiger partial charge >= 0.3 is 0 Å². The van der Waals surface area contributed by atoms with Crippen LogP contribution in [0.3, 0.4) is 0 Å². The number of nitrogens with two attached hydrogens (primary N) is 1. The Morgan fingerprint density at radius 3 is 2.86 bits per heavy atom. The molecule has 0 fully saturated rings. The van der Waals surface area contributed by atoms with Gasteiger partial charge in [0.2, 0.25) is 20.8 Å². The Morgan fingerprint density at radius 2 is 2.14 bits per heavy atom. The van der Waals surface area contributed by atoms with Crippen LogP contribution in [0.2, 0.25) is 0 Å². The van der Waals surface area contributed by atoms with Gasteiger partial charge in [-0.05, 0) is 0 Å². The molecule has 1 aromatic rings. The maximum absolute atomic E-state index is 11.4. The number of carbonyl (C=O) groups is 1. The van der Waals surface area contributed by atoms with E-state index in [-0.39, 0.29) is 16.5 Å². The van der Waals surface area contributed by atoms with Gasteiger partial charge in [-0.3, -0.25) is 4.79 Å². The van der Waals surface area contributed by atoms with Gasteiger partial charge in [0, 0.05) is 6.07 Å². The SMILES string of the molecule is Nc1cc2c(nn1)S(=O)(=O)CC(=O)N2. The molecule has 74 valence electrons. The quantitative estimate of drug-likeness (QED) is 0.559. The molecule has 7 nitrogen and oxygen atoms in total. The van der Waals surface area contributed by atoms with Crippen LogP contribution in [0.4, 0.5) is 11.5 Å². The van der Waals surface area contributed by atoms with Crippen LogP contribution in [0.15, 0.2) is 11.1 Å². The molecule has 1 aliphatic rings. The summed E-state index contributed by atoms with van der Waals surface area (Å²) >= 11 is 0. The molecule has 1 amide bonds. The van der Waals surface area contributed by atoms with Gasteiger partial charge in [0.15, 0.2) is 0 Å². The monoisotopic (exact) mass is 214 g/mol. The first kappa shape index (κ1) is 8.88. The first-order chi connectivity index (χ1) is 6.49. The van der Waals surface area contributed by atoms with E-state index in [1.54, 1.807) is 0 Å². The van der Waals surface area contributed by atoms with E-state index in [9.17, 15) is 13.2 Å². The van der Waals surface area contributed by atoms with Crippen molar-refractivity contribution < 1.29 is 13.2 Å². The minimum Gasteiger partial charge on any atom is -0.382 e. The summed E-state index contributed by atoms with van der Waals surface area (Å²) in [5.74, 6) is -1.13. The second-order valence-electron chi connectivity index (χ2n) is 2.80. The number of nitrogens with zero attached hydrogens (tertiary/aromatic N) is 2. The minimum absolute atomic E-state index is 0.0566. The van der Waals surface area contributed by atoms with Crippen LogP contribution in [0, 0.1) is 0 Å². The second-order valence-corrected chi connectivity index (χ2v) is 4.70. The lowest BCUT2D eigenvalue weighted by atomic mass is 10.4. The maximum atomic E-state index is 11.4. The van der Waals surface area contributed by atoms with Gasteiger partial charge in [0.05, 0.1) is 5.69 Å². The Labute approximate surface area is 79.2 Å². The van der Waals surface area contributed by atoms with Gasteiger partial charge in [0.25, 0.3) is 0 Å². The lowest BCUT2D eigenvalue weighted by Gasteiger charge is -2.14. The van der Waals surface area contributed by atoms with Gasteiger partial charge in [-0.1, -0.05) is 0 Å². The molecular weight excluding hydrogens is 208 g/mol. The number of nitrogens with one attached hydrogen (secondary N) is 1. The molecule has 1 aliphatic heterocycles. The van der Waals surface area contributed by atoms with E-state index >= 15 is 0 Å². The summed E-state index contributed by atoms with van der Waals surface area (Å²) in [5.41, 5.74) is 5.39. The Kier molecular flexibility index (Phi) is 1.68. The first-order valence-electron chi connectivity index (χ1n) is 3.65. The number of carbonyl (C=O) groups excluding carboxylic acids is 1. The summed E-state index contributed by atoms with van der Waals surface area (Å²) < 4.78 is 22.8. The third-order valence-electron chi connectivity index (χ3n) is 1.67. The van der Waals surface area contributed by atoms with Crippen molar-refractivity contribution in [1.29, 1.82) is 0 Å². The highest BCUT2D eigenvalue weighted by Gasteiger charge is 2.30. The molecule has 0 saturated heterocycles. The van der Waals surface area contributed by atoms with Crippen molar-refractivity contribution in [2.24, 2.45) is 0 Å². The summed E-state index contributed by atoms with van der Waals surface area (Å²) in [6.45, 7) is 0. The predicted octanol–water partition coefficient (Wildman–Crippen LogP) is -1.22. The molecule has 0 aromatic carbocycles. The fraction of sp³-hybridized carbons (Fsp3) is 0.167. The molecule has 8 heteroatoms. The van der Waals surface area contributed by atoms with E-state index < -0.39 is 21.5 Å². The summed E-state index contributed by atoms with van der Waals surface area (Å²) in [4.78, 5) is 11.0. The highest BCUT2D eigenvalue weighted by molar-refractivity contribution is 7.92. The molecule has 0 spiro atoms. The number of aromatic nitrogens is 2. The van der Waals surface area contributed by atoms with Crippen LogP contribution >= 0.6 is 0 Å². The molecule has 0 radical (unpaired) electrons. The minimum atomic E-state index is -3.65. The van der Waals surface area contributed by atoms with E-state index in [1.165, 1.54) is 6.07 Å². The van der Waals surface area contributed by atoms with Crippen LogP contribution in [-0.4, -0.2) is 30.3 Å². The highest BCUT2D eigenvalue weighted by atomic mass is 32.2. The van der Waals surface area contributed by atoms with E-state index in [4.69, 9.17) is 5.73 Å². The zero-order chi connectivity index (χ0) is 10.3. The van der Waals surface area contributed by atoms with Gasteiger partial charge in [-0.15, -0.1) is 10.2 Å². The van der Waals surface area contributed by atoms with Gasteiger partial charge in [-0.2, -0.15) is 0 Å². The van der Waals surface area contributed by atoms with Crippen molar-refractivity contribution in [2.45, 2.75) is 5.03 Å². The fourth-order valence-electron chi connectivity index (χ4n) is 1.14. The molecule has 14 heavy (non-hydrogen) atoms. The van der Waals surface area contributed by atoms with Gasteiger partial charge in [0.1, 0.15) is 11.6 Å². The van der Waals surface area contributed by atoms with Crippen molar-refractivity contribution in [3.05, 3.63) is 6.07 Å². The Balaban J connectivity index is 2.69. The van der Waals surface area contributed by atoms with Crippen LogP contribution in [0.1, 0.15) is 0 Å². The van der Waals surface area contributed by atoms with Crippen molar-refractivity contribution in [1.82, 2.24) is 10.2 Å². The van der Waals surface area contributed by atoms with Gasteiger partial charge in [-0.25, -0.2) is 8.42 Å². The normalized spacial score (nSPS) is 18.4. The number of hydrogen-bond donors (Lipinski definition) is 2. The fourth-order valence-corrected chi connectivity index (χ4v) is 2.31. The molecule has 1 aromatic heterocycles. The number of anilines is 2. The molecule has 0 saturated carbocycles. The van der Waals surface area contributed by atoms with E-state index in [1.807, 2.05) is 0 Å². The molecule has 3 N–H and O–H groups in total. The summed E-state index contributed by atoms with van der Waals surface area (Å²) in [6.07, 6.45) is 0. The third-order valence-corrected chi connectivity index (χ3v) is 3.20. The average molecular weight is 214 g/mol. The lowest BCUT2D eigenvalue weighted by molar-refractivity contribution is -0.114. The van der Waals surface area contributed by atoms with Crippen molar-refractivity contribution in [2.75, 3.05) is 16.8 Å². The lowest BCUT2D eigenvalue weighted by Crippen LogP contribution is -2.30. The zero-order valence-electron chi connectivity index (χ0n) is 6.89. The zero-order valence-corrected chi connectivity index (χ0v) is 7.71. The Morgan fingerprint density at radius 1 is 1.43 bits per heavy atom. The molecule has 0 bridgehead atoms. The number of amides is 1. The summed E-state index contributed by atoms with van der Waals surface area (Å²) in [7, 11) is -3.65. The van der Waals surface area contributed by atoms with Crippen molar-refractivity contribution >= 4 is 27.2 Å². The maximum Gasteiger partial charge on any atom is 0.240 e. The van der Waals surface area contributed by atoms with Crippen LogP contribution < -0.4 is 11.1 Å². The largest absolute Gasteiger partial charge is 0.382 e. The van der Waals surface area contributed by atoms with E-state index in [0.29, 0.717) is 0 Å². The predicted molar refractivity (Wildman–Crippen MR) is 47.1 cm³/mol. The van der Waals surface area contributed by atoms with E-state index in [0.717, 1.165) is 0 Å².